The predicted octanol–water partition coefficient (Wildman–Crippen LogP) is 3.01. The average molecular weight is 292 g/mol. The van der Waals surface area contributed by atoms with Crippen LogP contribution in [0.4, 0.5) is 4.79 Å². The zero-order valence-electron chi connectivity index (χ0n) is 12.3. The van der Waals surface area contributed by atoms with Gasteiger partial charge in [0.05, 0.1) is 18.9 Å². The van der Waals surface area contributed by atoms with Crippen molar-refractivity contribution >= 4 is 11.8 Å². The smallest absolute Gasteiger partial charge is 0.425 e. The summed E-state index contributed by atoms with van der Waals surface area (Å²) < 4.78 is 11.3. The van der Waals surface area contributed by atoms with Gasteiger partial charge in [-0.3, -0.25) is 0 Å². The number of amides is 1. The van der Waals surface area contributed by atoms with Crippen LogP contribution in [-0.4, -0.2) is 30.1 Å². The number of hydrogen-bond donors (Lipinski definition) is 2. The van der Waals surface area contributed by atoms with Gasteiger partial charge in [0.2, 0.25) is 0 Å². The third kappa shape index (κ3) is 4.11. The average Bonchev–Trinajstić information content (AvgIpc) is 2.97. The highest BCUT2D eigenvalue weighted by atomic mass is 16.5. The van der Waals surface area contributed by atoms with Crippen molar-refractivity contribution in [3.8, 4) is 11.5 Å². The number of nitrogens with zero attached hydrogens (tertiary/aromatic N) is 1. The van der Waals surface area contributed by atoms with Crippen molar-refractivity contribution in [2.75, 3.05) is 7.11 Å². The molecule has 0 radical (unpaired) electrons. The van der Waals surface area contributed by atoms with E-state index in [1.165, 1.54) is 12.8 Å². The molecule has 6 nitrogen and oxygen atoms in total. The van der Waals surface area contributed by atoms with E-state index in [2.05, 4.69) is 5.10 Å². The first-order valence-corrected chi connectivity index (χ1v) is 6.98. The maximum absolute atomic E-state index is 10.5. The first-order chi connectivity index (χ1) is 10.1. The van der Waals surface area contributed by atoms with E-state index in [0.29, 0.717) is 17.2 Å². The molecule has 0 aromatic heterocycles. The fourth-order valence-corrected chi connectivity index (χ4v) is 2.38. The Morgan fingerprint density at radius 2 is 2.05 bits per heavy atom. The number of nitrogens with one attached hydrogen (secondary N) is 1. The van der Waals surface area contributed by atoms with Crippen LogP contribution in [0.3, 0.4) is 0 Å². The standard InChI is InChI=1S/C15H20N2O4/c1-10(16-17-15(18)19)11-7-8-13(20-2)14(9-11)21-12-5-3-4-6-12/h7-9,12,17H,3-6H2,1-2H3,(H,18,19)/b16-10+. The molecule has 1 fully saturated rings. The van der Waals surface area contributed by atoms with Crippen LogP contribution >= 0.6 is 0 Å². The largest absolute Gasteiger partial charge is 0.493 e. The molecule has 1 aliphatic rings. The highest BCUT2D eigenvalue weighted by Gasteiger charge is 2.18. The molecule has 0 atom stereocenters. The lowest BCUT2D eigenvalue weighted by molar-refractivity contribution is 0.195. The Morgan fingerprint density at radius 1 is 1.33 bits per heavy atom. The fourth-order valence-electron chi connectivity index (χ4n) is 2.38. The zero-order valence-corrected chi connectivity index (χ0v) is 12.3. The number of carboxylic acid groups (broad SMARTS) is 1. The number of ether oxygens (including phenoxy) is 2. The van der Waals surface area contributed by atoms with E-state index in [-0.39, 0.29) is 6.10 Å². The Morgan fingerprint density at radius 3 is 2.67 bits per heavy atom. The second kappa shape index (κ2) is 6.97. The SMILES string of the molecule is COc1ccc(/C(C)=N/NC(=O)O)cc1OC1CCCC1. The van der Waals surface area contributed by atoms with Crippen LogP contribution in [0, 0.1) is 0 Å². The molecule has 2 N–H and O–H groups in total. The van der Waals surface area contributed by atoms with E-state index in [1.807, 2.05) is 17.6 Å². The van der Waals surface area contributed by atoms with E-state index in [1.54, 1.807) is 20.1 Å². The zero-order chi connectivity index (χ0) is 15.2. The Kier molecular flexibility index (Phi) is 5.03. The highest BCUT2D eigenvalue weighted by molar-refractivity contribution is 5.99. The molecule has 2 rings (SSSR count). The van der Waals surface area contributed by atoms with Crippen molar-refractivity contribution < 1.29 is 19.4 Å². The molecule has 0 heterocycles. The van der Waals surface area contributed by atoms with Gasteiger partial charge in [-0.2, -0.15) is 5.10 Å². The topological polar surface area (TPSA) is 80.2 Å². The lowest BCUT2D eigenvalue weighted by atomic mass is 10.1. The van der Waals surface area contributed by atoms with Crippen molar-refractivity contribution in [1.82, 2.24) is 5.43 Å². The summed E-state index contributed by atoms with van der Waals surface area (Å²) in [6.07, 6.45) is 3.53. The van der Waals surface area contributed by atoms with Crippen molar-refractivity contribution in [2.24, 2.45) is 5.10 Å². The summed E-state index contributed by atoms with van der Waals surface area (Å²) >= 11 is 0. The lowest BCUT2D eigenvalue weighted by Gasteiger charge is -2.16. The molecular formula is C15H20N2O4. The molecule has 0 saturated heterocycles. The molecule has 0 unspecified atom stereocenters. The normalized spacial score (nSPS) is 15.8. The molecule has 6 heteroatoms. The van der Waals surface area contributed by atoms with E-state index >= 15 is 0 Å². The number of hydrazone groups is 1. The van der Waals surface area contributed by atoms with Crippen molar-refractivity contribution in [3.63, 3.8) is 0 Å². The lowest BCUT2D eigenvalue weighted by Crippen LogP contribution is -2.16. The third-order valence-corrected chi connectivity index (χ3v) is 3.50. The molecule has 1 aromatic carbocycles. The maximum atomic E-state index is 10.5. The van der Waals surface area contributed by atoms with Gasteiger partial charge < -0.3 is 14.6 Å². The summed E-state index contributed by atoms with van der Waals surface area (Å²) in [7, 11) is 1.60. The number of benzene rings is 1. The molecule has 0 spiro atoms. The maximum Gasteiger partial charge on any atom is 0.425 e. The number of methoxy groups -OCH3 is 1. The minimum atomic E-state index is -1.19. The number of carbonyl (C=O) groups is 1. The quantitative estimate of drug-likeness (QED) is 0.645. The molecule has 21 heavy (non-hydrogen) atoms. The van der Waals surface area contributed by atoms with Gasteiger partial charge in [0.1, 0.15) is 0 Å². The summed E-state index contributed by atoms with van der Waals surface area (Å²) in [5.74, 6) is 1.34. The Bertz CT molecular complexity index is 536. The molecule has 1 saturated carbocycles. The van der Waals surface area contributed by atoms with Gasteiger partial charge in [-0.25, -0.2) is 10.2 Å². The molecule has 0 bridgehead atoms. The van der Waals surface area contributed by atoms with E-state index < -0.39 is 6.09 Å². The van der Waals surface area contributed by atoms with Crippen molar-refractivity contribution in [2.45, 2.75) is 38.7 Å². The monoisotopic (exact) mass is 292 g/mol. The van der Waals surface area contributed by atoms with Crippen molar-refractivity contribution in [3.05, 3.63) is 23.8 Å². The predicted molar refractivity (Wildman–Crippen MR) is 79.2 cm³/mol. The van der Waals surface area contributed by atoms with Gasteiger partial charge in [0.15, 0.2) is 11.5 Å². The number of rotatable bonds is 5. The van der Waals surface area contributed by atoms with Gasteiger partial charge in [0.25, 0.3) is 0 Å². The van der Waals surface area contributed by atoms with Gasteiger partial charge in [-0.15, -0.1) is 0 Å². The van der Waals surface area contributed by atoms with Crippen LogP contribution < -0.4 is 14.9 Å². The van der Waals surface area contributed by atoms with Crippen LogP contribution in [0.2, 0.25) is 0 Å². The summed E-state index contributed by atoms with van der Waals surface area (Å²) in [4.78, 5) is 10.5. The summed E-state index contributed by atoms with van der Waals surface area (Å²) in [6, 6.07) is 5.46. The first-order valence-electron chi connectivity index (χ1n) is 6.98. The van der Waals surface area contributed by atoms with Gasteiger partial charge in [0, 0.05) is 5.56 Å². The Balaban J connectivity index is 2.19. The van der Waals surface area contributed by atoms with Crippen LogP contribution in [0.5, 0.6) is 11.5 Å². The molecule has 114 valence electrons. The van der Waals surface area contributed by atoms with E-state index in [9.17, 15) is 4.79 Å². The Hall–Kier alpha value is -2.24. The fraction of sp³-hybridized carbons (Fsp3) is 0.467. The van der Waals surface area contributed by atoms with E-state index in [0.717, 1.165) is 18.4 Å². The highest BCUT2D eigenvalue weighted by Crippen LogP contribution is 2.32. The summed E-state index contributed by atoms with van der Waals surface area (Å²) in [5, 5.41) is 12.4. The van der Waals surface area contributed by atoms with Crippen LogP contribution in [0.1, 0.15) is 38.2 Å². The molecule has 0 aliphatic heterocycles. The molecule has 1 aliphatic carbocycles. The second-order valence-electron chi connectivity index (χ2n) is 5.00. The van der Waals surface area contributed by atoms with Crippen LogP contribution in [0.25, 0.3) is 0 Å². The minimum Gasteiger partial charge on any atom is -0.493 e. The molecular weight excluding hydrogens is 272 g/mol. The van der Waals surface area contributed by atoms with Gasteiger partial charge in [-0.1, -0.05) is 0 Å². The van der Waals surface area contributed by atoms with E-state index in [4.69, 9.17) is 14.6 Å². The van der Waals surface area contributed by atoms with Crippen LogP contribution in [-0.2, 0) is 0 Å². The summed E-state index contributed by atoms with van der Waals surface area (Å²) in [5.41, 5.74) is 3.35. The van der Waals surface area contributed by atoms with Crippen molar-refractivity contribution in [1.29, 1.82) is 0 Å². The Labute approximate surface area is 123 Å². The summed E-state index contributed by atoms with van der Waals surface area (Å²) in [6.45, 7) is 1.73. The van der Waals surface area contributed by atoms with Gasteiger partial charge >= 0.3 is 6.09 Å². The molecule has 1 aromatic rings. The minimum absolute atomic E-state index is 0.225. The first kappa shape index (κ1) is 15.2. The van der Waals surface area contributed by atoms with Gasteiger partial charge in [-0.05, 0) is 50.8 Å². The third-order valence-electron chi connectivity index (χ3n) is 3.50. The second-order valence-corrected chi connectivity index (χ2v) is 5.00. The molecule has 1 amide bonds. The number of hydrogen-bond acceptors (Lipinski definition) is 4. The van der Waals surface area contributed by atoms with Crippen LogP contribution in [0.15, 0.2) is 23.3 Å².